The number of nitrogens with zero attached hydrogens (tertiary/aromatic N) is 1. The highest BCUT2D eigenvalue weighted by Crippen LogP contribution is 2.29. The van der Waals surface area contributed by atoms with Gasteiger partial charge in [0.25, 0.3) is 0 Å². The lowest BCUT2D eigenvalue weighted by Crippen LogP contribution is -2.20. The summed E-state index contributed by atoms with van der Waals surface area (Å²) in [4.78, 5) is 10.1. The first-order valence-electron chi connectivity index (χ1n) is 5.18. The van der Waals surface area contributed by atoms with Crippen LogP contribution in [-0.4, -0.2) is 18.6 Å². The Bertz CT molecular complexity index is 553. The van der Waals surface area contributed by atoms with Gasteiger partial charge in [-0.2, -0.15) is 8.42 Å². The monoisotopic (exact) mass is 274 g/mol. The maximum absolute atomic E-state index is 11.6. The summed E-state index contributed by atoms with van der Waals surface area (Å²) in [5.74, 6) is -0.309. The third-order valence-corrected chi connectivity index (χ3v) is 3.81. The molecule has 18 heavy (non-hydrogen) atoms. The second-order valence-corrected chi connectivity index (χ2v) is 5.98. The fourth-order valence-corrected chi connectivity index (χ4v) is 1.70. The summed E-state index contributed by atoms with van der Waals surface area (Å²) in [6.07, 6.45) is 0. The van der Waals surface area contributed by atoms with Crippen molar-refractivity contribution in [3.8, 4) is 5.75 Å². The molecule has 1 rings (SSSR count). The Labute approximate surface area is 105 Å². The van der Waals surface area contributed by atoms with Gasteiger partial charge in [-0.25, -0.2) is 0 Å². The highest BCUT2D eigenvalue weighted by molar-refractivity contribution is 7.87. The number of nitrogens with two attached hydrogens (primary N) is 1. The molecular weight excluding hydrogens is 260 g/mol. The van der Waals surface area contributed by atoms with Crippen LogP contribution in [0, 0.1) is 10.1 Å². The van der Waals surface area contributed by atoms with Gasteiger partial charge in [0.05, 0.1) is 10.2 Å². The maximum atomic E-state index is 11.6. The van der Waals surface area contributed by atoms with Crippen LogP contribution in [0.4, 0.5) is 5.69 Å². The van der Waals surface area contributed by atoms with Gasteiger partial charge in [0.2, 0.25) is 5.75 Å². The van der Waals surface area contributed by atoms with E-state index in [1.165, 1.54) is 32.0 Å². The quantitative estimate of drug-likeness (QED) is 0.490. The van der Waals surface area contributed by atoms with Gasteiger partial charge >= 0.3 is 15.8 Å². The largest absolute Gasteiger partial charge is 0.375 e. The summed E-state index contributed by atoms with van der Waals surface area (Å²) in [7, 11) is -3.88. The molecule has 0 bridgehead atoms. The van der Waals surface area contributed by atoms with E-state index >= 15 is 0 Å². The smallest absolute Gasteiger partial charge is 0.312 e. The molecule has 0 spiro atoms. The number of nitro benzene ring substituents is 1. The molecular formula is C10H14N2O5S. The van der Waals surface area contributed by atoms with Crippen molar-refractivity contribution < 1.29 is 17.5 Å². The summed E-state index contributed by atoms with van der Waals surface area (Å²) < 4.78 is 28.0. The first-order chi connectivity index (χ1) is 8.27. The van der Waals surface area contributed by atoms with Gasteiger partial charge in [0, 0.05) is 12.6 Å². The van der Waals surface area contributed by atoms with Crippen molar-refractivity contribution in [2.75, 3.05) is 0 Å². The Morgan fingerprint density at radius 2 is 2.06 bits per heavy atom. The Balaban J connectivity index is 3.25. The molecule has 0 atom stereocenters. The molecule has 0 aliphatic rings. The predicted octanol–water partition coefficient (Wildman–Crippen LogP) is 1.17. The van der Waals surface area contributed by atoms with E-state index in [2.05, 4.69) is 0 Å². The highest BCUT2D eigenvalue weighted by Gasteiger charge is 2.24. The van der Waals surface area contributed by atoms with Crippen LogP contribution in [0.3, 0.4) is 0 Å². The Morgan fingerprint density at radius 1 is 1.44 bits per heavy atom. The summed E-state index contributed by atoms with van der Waals surface area (Å²) in [5.41, 5.74) is 5.54. The van der Waals surface area contributed by atoms with Crippen LogP contribution in [0.1, 0.15) is 19.4 Å². The molecule has 1 aromatic carbocycles. The standard InChI is InChI=1S/C10H14N2O5S/c1-7(2)18(15,16)17-10-5-8(6-11)3-4-9(10)12(13)14/h3-5,7H,6,11H2,1-2H3. The summed E-state index contributed by atoms with van der Waals surface area (Å²) in [6, 6.07) is 3.89. The molecule has 8 heteroatoms. The maximum Gasteiger partial charge on any atom is 0.312 e. The third kappa shape index (κ3) is 3.17. The molecule has 0 aliphatic heterocycles. The molecule has 0 fully saturated rings. The first kappa shape index (κ1) is 14.4. The number of hydrogen-bond acceptors (Lipinski definition) is 6. The van der Waals surface area contributed by atoms with Gasteiger partial charge in [-0.15, -0.1) is 0 Å². The summed E-state index contributed by atoms with van der Waals surface area (Å²) >= 11 is 0. The molecule has 0 heterocycles. The van der Waals surface area contributed by atoms with E-state index < -0.39 is 26.0 Å². The van der Waals surface area contributed by atoms with Crippen LogP contribution in [0.15, 0.2) is 18.2 Å². The van der Waals surface area contributed by atoms with Gasteiger partial charge in [0.1, 0.15) is 0 Å². The first-order valence-corrected chi connectivity index (χ1v) is 6.65. The van der Waals surface area contributed by atoms with Crippen LogP contribution >= 0.6 is 0 Å². The molecule has 100 valence electrons. The molecule has 0 aromatic heterocycles. The Kier molecular flexibility index (Phi) is 4.25. The Hall–Kier alpha value is -1.67. The van der Waals surface area contributed by atoms with E-state index in [-0.39, 0.29) is 12.3 Å². The van der Waals surface area contributed by atoms with Crippen molar-refractivity contribution in [2.45, 2.75) is 25.6 Å². The van der Waals surface area contributed by atoms with Crippen molar-refractivity contribution in [1.82, 2.24) is 0 Å². The molecule has 0 unspecified atom stereocenters. The van der Waals surface area contributed by atoms with Crippen molar-refractivity contribution in [3.05, 3.63) is 33.9 Å². The van der Waals surface area contributed by atoms with E-state index in [9.17, 15) is 18.5 Å². The van der Waals surface area contributed by atoms with Crippen molar-refractivity contribution in [1.29, 1.82) is 0 Å². The van der Waals surface area contributed by atoms with Crippen molar-refractivity contribution in [3.63, 3.8) is 0 Å². The molecule has 0 amide bonds. The lowest BCUT2D eigenvalue weighted by molar-refractivity contribution is -0.385. The van der Waals surface area contributed by atoms with E-state index in [0.29, 0.717) is 5.56 Å². The van der Waals surface area contributed by atoms with Crippen LogP contribution in [0.2, 0.25) is 0 Å². The SMILES string of the molecule is CC(C)S(=O)(=O)Oc1cc(CN)ccc1[N+](=O)[O-]. The summed E-state index contributed by atoms with van der Waals surface area (Å²) in [5, 5.41) is 9.98. The lowest BCUT2D eigenvalue weighted by Gasteiger charge is -2.10. The highest BCUT2D eigenvalue weighted by atomic mass is 32.2. The zero-order valence-electron chi connectivity index (χ0n) is 9.99. The third-order valence-electron chi connectivity index (χ3n) is 2.24. The van der Waals surface area contributed by atoms with Gasteiger partial charge < -0.3 is 9.92 Å². The average Bonchev–Trinajstić information content (AvgIpc) is 2.27. The van der Waals surface area contributed by atoms with E-state index in [1.54, 1.807) is 0 Å². The van der Waals surface area contributed by atoms with Gasteiger partial charge in [-0.3, -0.25) is 10.1 Å². The molecule has 2 N–H and O–H groups in total. The van der Waals surface area contributed by atoms with Gasteiger partial charge in [-0.05, 0) is 25.5 Å². The molecule has 0 saturated heterocycles. The molecule has 7 nitrogen and oxygen atoms in total. The fourth-order valence-electron chi connectivity index (χ4n) is 1.12. The number of hydrogen-bond donors (Lipinski definition) is 1. The average molecular weight is 274 g/mol. The molecule has 0 saturated carbocycles. The van der Waals surface area contributed by atoms with Crippen LogP contribution < -0.4 is 9.92 Å². The zero-order chi connectivity index (χ0) is 13.9. The lowest BCUT2D eigenvalue weighted by atomic mass is 10.2. The summed E-state index contributed by atoms with van der Waals surface area (Å²) in [6.45, 7) is 2.98. The molecule has 1 aromatic rings. The minimum atomic E-state index is -3.88. The van der Waals surface area contributed by atoms with E-state index in [4.69, 9.17) is 9.92 Å². The minimum Gasteiger partial charge on any atom is -0.375 e. The number of rotatable bonds is 5. The second kappa shape index (κ2) is 5.32. The second-order valence-electron chi connectivity index (χ2n) is 3.89. The van der Waals surface area contributed by atoms with Gasteiger partial charge in [0.15, 0.2) is 0 Å². The van der Waals surface area contributed by atoms with Crippen LogP contribution in [-0.2, 0) is 16.7 Å². The van der Waals surface area contributed by atoms with E-state index in [1.807, 2.05) is 0 Å². The van der Waals surface area contributed by atoms with E-state index in [0.717, 1.165) is 0 Å². The van der Waals surface area contributed by atoms with Crippen molar-refractivity contribution >= 4 is 15.8 Å². The van der Waals surface area contributed by atoms with Crippen LogP contribution in [0.5, 0.6) is 5.75 Å². The minimum absolute atomic E-state index is 0.135. The topological polar surface area (TPSA) is 113 Å². The predicted molar refractivity (Wildman–Crippen MR) is 65.7 cm³/mol. The fraction of sp³-hybridized carbons (Fsp3) is 0.400. The number of benzene rings is 1. The molecule has 0 radical (unpaired) electrons. The normalized spacial score (nSPS) is 11.6. The van der Waals surface area contributed by atoms with Crippen LogP contribution in [0.25, 0.3) is 0 Å². The van der Waals surface area contributed by atoms with Gasteiger partial charge in [-0.1, -0.05) is 6.07 Å². The zero-order valence-corrected chi connectivity index (χ0v) is 10.8. The number of nitro groups is 1. The Morgan fingerprint density at radius 3 is 2.50 bits per heavy atom. The van der Waals surface area contributed by atoms with Crippen molar-refractivity contribution in [2.24, 2.45) is 5.73 Å². The molecule has 0 aliphatic carbocycles.